The number of carbonyl (C=O) groups is 2. The van der Waals surface area contributed by atoms with E-state index in [2.05, 4.69) is 38.2 Å². The zero-order valence-corrected chi connectivity index (χ0v) is 45.0. The number of esters is 2. The van der Waals surface area contributed by atoms with Crippen molar-refractivity contribution in [3.63, 3.8) is 0 Å². The van der Waals surface area contributed by atoms with Gasteiger partial charge in [0.15, 0.2) is 0 Å². The fourth-order valence-electron chi connectivity index (χ4n) is 8.23. The molecular formula is C54H93KO7S. The molecular weight excluding hydrogens is 832 g/mol. The average molecular weight is 925 g/mol. The van der Waals surface area contributed by atoms with Crippen molar-refractivity contribution < 1.29 is 83.4 Å². The maximum Gasteiger partial charge on any atom is 1.00 e. The van der Waals surface area contributed by atoms with Crippen LogP contribution in [0.5, 0.6) is 0 Å². The third kappa shape index (κ3) is 38.9. The Morgan fingerprint density at radius 2 is 0.683 bits per heavy atom. The van der Waals surface area contributed by atoms with Crippen LogP contribution in [0.3, 0.4) is 0 Å². The maximum atomic E-state index is 13.0. The number of hydrogen-bond donors (Lipinski definition) is 0. The zero-order valence-electron chi connectivity index (χ0n) is 41.1. The van der Waals surface area contributed by atoms with Gasteiger partial charge in [0.25, 0.3) is 0 Å². The van der Waals surface area contributed by atoms with Crippen molar-refractivity contribution in [3.8, 4) is 0 Å². The second-order valence-electron chi connectivity index (χ2n) is 17.9. The number of unbranched alkanes of at least 4 members (excludes halogenated alkanes) is 36. The van der Waals surface area contributed by atoms with E-state index < -0.39 is 27.0 Å². The molecule has 0 saturated carbocycles. The number of carbonyl (C=O) groups excluding carboxylic acids is 2. The fourth-order valence-corrected chi connectivity index (χ4v) is 8.73. The van der Waals surface area contributed by atoms with Crippen LogP contribution in [0.25, 0.3) is 0 Å². The molecule has 0 aliphatic rings. The molecule has 1 aromatic rings. The predicted molar refractivity (Wildman–Crippen MR) is 260 cm³/mol. The van der Waals surface area contributed by atoms with Gasteiger partial charge in [-0.15, -0.1) is 0 Å². The van der Waals surface area contributed by atoms with Crippen LogP contribution in [0.1, 0.15) is 279 Å². The average Bonchev–Trinajstić information content (AvgIpc) is 3.26. The molecule has 0 N–H and O–H groups in total. The molecule has 358 valence electrons. The van der Waals surface area contributed by atoms with Crippen molar-refractivity contribution >= 4 is 22.1 Å². The van der Waals surface area contributed by atoms with Crippen molar-refractivity contribution in [2.24, 2.45) is 0 Å². The molecule has 1 aromatic carbocycles. The molecule has 0 heterocycles. The zero-order chi connectivity index (χ0) is 45.0. The van der Waals surface area contributed by atoms with E-state index in [-0.39, 0.29) is 75.7 Å². The Hall–Kier alpha value is -0.814. The summed E-state index contributed by atoms with van der Waals surface area (Å²) in [6.45, 7) is 4.57. The first kappa shape index (κ1) is 62.2. The molecule has 0 aromatic heterocycles. The molecule has 0 spiro atoms. The monoisotopic (exact) mass is 925 g/mol. The van der Waals surface area contributed by atoms with E-state index in [1.165, 1.54) is 205 Å². The molecule has 0 saturated heterocycles. The van der Waals surface area contributed by atoms with Gasteiger partial charge in [0, 0.05) is 0 Å². The Morgan fingerprint density at radius 1 is 0.429 bits per heavy atom. The van der Waals surface area contributed by atoms with Gasteiger partial charge in [0.05, 0.1) is 29.2 Å². The summed E-state index contributed by atoms with van der Waals surface area (Å²) in [5.74, 6) is -1.54. The SMILES string of the molecule is C/C=C/CCCCCCCCCCCCCCCCCCCCOC(=O)c1ccc(S(=O)(=O)[O-])cc1C(=O)OCCCCCCCCCCCCCCCCCCCC/C=C/C.[K+]. The topological polar surface area (TPSA) is 110 Å². The van der Waals surface area contributed by atoms with Crippen LogP contribution in [0, 0.1) is 0 Å². The molecule has 7 nitrogen and oxygen atoms in total. The predicted octanol–water partition coefficient (Wildman–Crippen LogP) is 13.9. The summed E-state index contributed by atoms with van der Waals surface area (Å²) >= 11 is 0. The van der Waals surface area contributed by atoms with Gasteiger partial charge in [-0.1, -0.05) is 230 Å². The first-order chi connectivity index (χ1) is 30.3. The summed E-state index contributed by atoms with van der Waals surface area (Å²) in [5.41, 5.74) is -0.327. The molecule has 0 aliphatic heterocycles. The smallest absolute Gasteiger partial charge is 0.744 e. The summed E-state index contributed by atoms with van der Waals surface area (Å²) in [4.78, 5) is 25.4. The first-order valence-corrected chi connectivity index (χ1v) is 27.4. The first-order valence-electron chi connectivity index (χ1n) is 26.0. The van der Waals surface area contributed by atoms with Crippen molar-refractivity contribution in [2.75, 3.05) is 13.2 Å². The number of hydrogen-bond acceptors (Lipinski definition) is 7. The van der Waals surface area contributed by atoms with E-state index in [1.807, 2.05) is 0 Å². The van der Waals surface area contributed by atoms with Crippen LogP contribution in [0.4, 0.5) is 0 Å². The largest absolute Gasteiger partial charge is 1.00 e. The summed E-state index contributed by atoms with van der Waals surface area (Å²) in [6, 6.07) is 3.16. The van der Waals surface area contributed by atoms with E-state index in [4.69, 9.17) is 9.47 Å². The van der Waals surface area contributed by atoms with E-state index in [1.54, 1.807) is 0 Å². The maximum absolute atomic E-state index is 13.0. The third-order valence-corrected chi connectivity index (χ3v) is 13.0. The molecule has 0 fully saturated rings. The molecule has 0 atom stereocenters. The van der Waals surface area contributed by atoms with E-state index in [0.717, 1.165) is 44.2 Å². The third-order valence-electron chi connectivity index (χ3n) is 12.2. The van der Waals surface area contributed by atoms with Gasteiger partial charge in [-0.05, 0) is 70.6 Å². The second kappa shape index (κ2) is 46.3. The van der Waals surface area contributed by atoms with Gasteiger partial charge in [-0.25, -0.2) is 18.0 Å². The minimum atomic E-state index is -4.82. The number of benzene rings is 1. The molecule has 0 bridgehead atoms. The second-order valence-corrected chi connectivity index (χ2v) is 19.3. The molecule has 0 radical (unpaired) electrons. The fraction of sp³-hybridized carbons (Fsp3) is 0.778. The van der Waals surface area contributed by atoms with Crippen LogP contribution >= 0.6 is 0 Å². The Balaban J connectivity index is 0.0000384. The molecule has 0 unspecified atom stereocenters. The minimum Gasteiger partial charge on any atom is -0.744 e. The van der Waals surface area contributed by atoms with Gasteiger partial charge in [-0.2, -0.15) is 0 Å². The summed E-state index contributed by atoms with van der Waals surface area (Å²) < 4.78 is 46.0. The Bertz CT molecular complexity index is 1380. The van der Waals surface area contributed by atoms with Crippen molar-refractivity contribution in [2.45, 2.75) is 263 Å². The van der Waals surface area contributed by atoms with Crippen LogP contribution in [0.15, 0.2) is 47.4 Å². The molecule has 0 amide bonds. The summed E-state index contributed by atoms with van der Waals surface area (Å²) in [6.07, 6.45) is 56.8. The number of rotatable bonds is 45. The van der Waals surface area contributed by atoms with Gasteiger partial charge < -0.3 is 14.0 Å². The van der Waals surface area contributed by atoms with Gasteiger partial charge in [-0.3, -0.25) is 0 Å². The number of ether oxygens (including phenoxy) is 2. The van der Waals surface area contributed by atoms with Crippen LogP contribution < -0.4 is 51.4 Å². The van der Waals surface area contributed by atoms with Crippen molar-refractivity contribution in [1.82, 2.24) is 0 Å². The molecule has 9 heteroatoms. The van der Waals surface area contributed by atoms with Crippen molar-refractivity contribution in [3.05, 3.63) is 53.6 Å². The number of allylic oxidation sites excluding steroid dienone is 4. The van der Waals surface area contributed by atoms with Crippen molar-refractivity contribution in [1.29, 1.82) is 0 Å². The van der Waals surface area contributed by atoms with Gasteiger partial charge in [0.1, 0.15) is 10.1 Å². The van der Waals surface area contributed by atoms with Crippen LogP contribution in [0.2, 0.25) is 0 Å². The Morgan fingerprint density at radius 3 is 0.952 bits per heavy atom. The molecule has 1 rings (SSSR count). The normalized spacial score (nSPS) is 11.7. The van der Waals surface area contributed by atoms with E-state index >= 15 is 0 Å². The molecule has 63 heavy (non-hydrogen) atoms. The van der Waals surface area contributed by atoms with E-state index in [9.17, 15) is 22.6 Å². The minimum absolute atomic E-state index is 0. The van der Waals surface area contributed by atoms with Crippen LogP contribution in [-0.4, -0.2) is 38.1 Å². The van der Waals surface area contributed by atoms with Gasteiger partial charge in [0.2, 0.25) is 0 Å². The summed E-state index contributed by atoms with van der Waals surface area (Å²) in [5, 5.41) is 0. The Kier molecular flexibility index (Phi) is 45.7. The van der Waals surface area contributed by atoms with E-state index in [0.29, 0.717) is 12.8 Å². The van der Waals surface area contributed by atoms with Gasteiger partial charge >= 0.3 is 63.3 Å². The summed E-state index contributed by atoms with van der Waals surface area (Å²) in [7, 11) is -4.82. The van der Waals surface area contributed by atoms with Crippen LogP contribution in [-0.2, 0) is 19.6 Å². The molecule has 0 aliphatic carbocycles. The quantitative estimate of drug-likeness (QED) is 0.0211. The Labute approximate surface area is 431 Å². The standard InChI is InChI=1S/C54H94O7S.K/c1-3-5-7-9-11-13-15-17-19-21-23-25-27-29-31-33-35-37-39-41-43-47-60-53(55)51-46-45-50(62(57,58)59)49-52(51)54(56)61-48-44-42-40-38-36-34-32-30-28-26-24-22-20-18-16-14-12-10-8-6-4-2;/h3-6,45-46,49H,7-44,47-48H2,1-2H3,(H,57,58,59);/q;+1/p-1/b5-3+,6-4+;.